The monoisotopic (exact) mass is 455 g/mol. The van der Waals surface area contributed by atoms with Crippen LogP contribution in [-0.2, 0) is 4.79 Å². The van der Waals surface area contributed by atoms with Crippen molar-refractivity contribution in [3.8, 4) is 45.5 Å². The van der Waals surface area contributed by atoms with Gasteiger partial charge >= 0.3 is 12.0 Å². The first kappa shape index (κ1) is 23.5. The summed E-state index contributed by atoms with van der Waals surface area (Å²) in [5.74, 6) is 0.252. The van der Waals surface area contributed by atoms with Gasteiger partial charge in [-0.25, -0.2) is 4.79 Å². The molecule has 0 fully saturated rings. The third kappa shape index (κ3) is 4.84. The molecule has 2 aromatic carbocycles. The van der Waals surface area contributed by atoms with E-state index in [-0.39, 0.29) is 12.3 Å². The fourth-order valence-corrected chi connectivity index (χ4v) is 3.32. The van der Waals surface area contributed by atoms with Crippen LogP contribution in [0, 0.1) is 0 Å². The second-order valence-electron chi connectivity index (χ2n) is 6.97. The zero-order valence-electron chi connectivity index (χ0n) is 18.7. The molecule has 0 spiro atoms. The van der Waals surface area contributed by atoms with Crippen molar-refractivity contribution < 1.29 is 34.0 Å². The molecule has 0 aliphatic carbocycles. The highest BCUT2D eigenvalue weighted by molar-refractivity contribution is 5.87. The minimum Gasteiger partial charge on any atom is -0.507 e. The van der Waals surface area contributed by atoms with Gasteiger partial charge in [0, 0.05) is 17.7 Å². The number of aliphatic carboxylic acids is 1. The van der Waals surface area contributed by atoms with E-state index in [2.05, 4.69) is 5.10 Å². The average Bonchev–Trinajstić information content (AvgIpc) is 3.27. The first-order chi connectivity index (χ1) is 15.8. The van der Waals surface area contributed by atoms with Crippen LogP contribution in [0.15, 0.2) is 42.5 Å². The van der Waals surface area contributed by atoms with Crippen molar-refractivity contribution in [2.75, 3.05) is 34.4 Å². The molecule has 0 aliphatic rings. The number of carbonyl (C=O) groups excluding carboxylic acids is 1. The summed E-state index contributed by atoms with van der Waals surface area (Å²) in [6.45, 7) is 1.35. The van der Waals surface area contributed by atoms with E-state index in [1.165, 1.54) is 27.4 Å². The van der Waals surface area contributed by atoms with Gasteiger partial charge < -0.3 is 29.3 Å². The number of carboxylic acids is 1. The molecule has 1 heterocycles. The van der Waals surface area contributed by atoms with Crippen LogP contribution < -0.4 is 14.2 Å². The van der Waals surface area contributed by atoms with Crippen LogP contribution in [-0.4, -0.2) is 71.3 Å². The predicted octanol–water partition coefficient (Wildman–Crippen LogP) is 3.32. The lowest BCUT2D eigenvalue weighted by Gasteiger charge is -2.19. The van der Waals surface area contributed by atoms with E-state index in [0.29, 0.717) is 39.8 Å². The number of likely N-dealkylation sites (N-methyl/N-ethyl adjacent to an activating group) is 1. The number of phenolic OH excluding ortho intramolecular Hbond substituents is 1. The number of methoxy groups -OCH3 is 3. The highest BCUT2D eigenvalue weighted by Gasteiger charge is 2.24. The van der Waals surface area contributed by atoms with Crippen LogP contribution in [0.3, 0.4) is 0 Å². The van der Waals surface area contributed by atoms with Crippen LogP contribution in [0.1, 0.15) is 6.92 Å². The Bertz CT molecular complexity index is 1170. The molecule has 174 valence electrons. The highest BCUT2D eigenvalue weighted by Crippen LogP contribution is 2.37. The molecule has 1 aromatic heterocycles. The molecular formula is C23H25N3O7. The normalized spacial score (nSPS) is 10.5. The van der Waals surface area contributed by atoms with E-state index in [9.17, 15) is 19.8 Å². The molecule has 10 heteroatoms. The molecule has 0 unspecified atom stereocenters. The van der Waals surface area contributed by atoms with Gasteiger partial charge in [0.1, 0.15) is 18.0 Å². The van der Waals surface area contributed by atoms with Gasteiger partial charge in [-0.1, -0.05) is 0 Å². The Balaban J connectivity index is 2.21. The molecular weight excluding hydrogens is 430 g/mol. The van der Waals surface area contributed by atoms with Gasteiger partial charge in [-0.3, -0.25) is 4.79 Å². The number of amides is 1. The number of aromatic hydroxyl groups is 1. The van der Waals surface area contributed by atoms with Crippen LogP contribution in [0.25, 0.3) is 22.5 Å². The number of rotatable bonds is 8. The van der Waals surface area contributed by atoms with E-state index in [4.69, 9.17) is 14.2 Å². The number of hydrogen-bond acceptors (Lipinski definition) is 7. The van der Waals surface area contributed by atoms with Gasteiger partial charge in [-0.15, -0.1) is 0 Å². The molecule has 0 aliphatic heterocycles. The number of ether oxygens (including phenoxy) is 3. The molecule has 3 aromatic rings. The first-order valence-electron chi connectivity index (χ1n) is 10.0. The summed E-state index contributed by atoms with van der Waals surface area (Å²) in [5, 5.41) is 24.0. The van der Waals surface area contributed by atoms with Crippen molar-refractivity contribution in [3.63, 3.8) is 0 Å². The fourth-order valence-electron chi connectivity index (χ4n) is 3.32. The molecule has 33 heavy (non-hydrogen) atoms. The molecule has 10 nitrogen and oxygen atoms in total. The minimum atomic E-state index is -1.14. The van der Waals surface area contributed by atoms with E-state index >= 15 is 0 Å². The van der Waals surface area contributed by atoms with Crippen molar-refractivity contribution in [1.82, 2.24) is 14.7 Å². The smallest absolute Gasteiger partial charge is 0.345 e. The molecule has 1 amide bonds. The molecule has 3 rings (SSSR count). The molecule has 0 saturated heterocycles. The lowest BCUT2D eigenvalue weighted by molar-refractivity contribution is -0.137. The number of carbonyl (C=O) groups is 2. The zero-order chi connectivity index (χ0) is 24.1. The number of phenols is 1. The van der Waals surface area contributed by atoms with Crippen molar-refractivity contribution in [2.24, 2.45) is 0 Å². The molecule has 0 atom stereocenters. The topological polar surface area (TPSA) is 123 Å². The predicted molar refractivity (Wildman–Crippen MR) is 120 cm³/mol. The Kier molecular flexibility index (Phi) is 7.07. The minimum absolute atomic E-state index is 0.0513. The average molecular weight is 455 g/mol. The quantitative estimate of drug-likeness (QED) is 0.530. The third-order valence-corrected chi connectivity index (χ3v) is 5.03. The van der Waals surface area contributed by atoms with E-state index < -0.39 is 18.5 Å². The Morgan fingerprint density at radius 3 is 2.33 bits per heavy atom. The Hall–Kier alpha value is -4.21. The lowest BCUT2D eigenvalue weighted by atomic mass is 10.1. The summed E-state index contributed by atoms with van der Waals surface area (Å²) in [4.78, 5) is 25.7. The van der Waals surface area contributed by atoms with Crippen molar-refractivity contribution in [2.45, 2.75) is 6.92 Å². The van der Waals surface area contributed by atoms with Crippen LogP contribution in [0.5, 0.6) is 23.0 Å². The fraction of sp³-hybridized carbons (Fsp3) is 0.261. The molecule has 2 N–H and O–H groups in total. The maximum Gasteiger partial charge on any atom is 0.345 e. The highest BCUT2D eigenvalue weighted by atomic mass is 16.5. The Labute approximate surface area is 190 Å². The van der Waals surface area contributed by atoms with Gasteiger partial charge in [0.25, 0.3) is 0 Å². The van der Waals surface area contributed by atoms with Gasteiger partial charge in [0.2, 0.25) is 0 Å². The summed E-state index contributed by atoms with van der Waals surface area (Å²) >= 11 is 0. The summed E-state index contributed by atoms with van der Waals surface area (Å²) in [5.41, 5.74) is 1.61. The summed E-state index contributed by atoms with van der Waals surface area (Å²) in [7, 11) is 4.51. The Morgan fingerprint density at radius 2 is 1.73 bits per heavy atom. The number of hydrogen-bond donors (Lipinski definition) is 2. The van der Waals surface area contributed by atoms with E-state index in [1.54, 1.807) is 43.3 Å². The van der Waals surface area contributed by atoms with Crippen molar-refractivity contribution in [3.05, 3.63) is 42.5 Å². The van der Waals surface area contributed by atoms with Crippen LogP contribution in [0.4, 0.5) is 4.79 Å². The molecule has 0 bridgehead atoms. The van der Waals surface area contributed by atoms with Crippen molar-refractivity contribution in [1.29, 1.82) is 0 Å². The molecule has 0 radical (unpaired) electrons. The van der Waals surface area contributed by atoms with Crippen molar-refractivity contribution >= 4 is 12.0 Å². The third-order valence-electron chi connectivity index (χ3n) is 5.03. The number of aromatic nitrogens is 2. The standard InChI is InChI=1S/C23H25N3O7/c1-5-25(13-22(28)29)23(30)26-18(14-6-9-20(32-3)21(10-14)33-4)12-17(24-26)16-11-15(31-2)7-8-19(16)27/h6-12,27H,5,13H2,1-4H3,(H,28,29). The van der Waals surface area contributed by atoms with Gasteiger partial charge in [0.15, 0.2) is 11.5 Å². The maximum atomic E-state index is 13.3. The summed E-state index contributed by atoms with van der Waals surface area (Å²) in [6, 6.07) is 10.8. The lowest BCUT2D eigenvalue weighted by Crippen LogP contribution is -2.39. The van der Waals surface area contributed by atoms with Gasteiger partial charge in [0.05, 0.1) is 32.7 Å². The second-order valence-corrected chi connectivity index (χ2v) is 6.97. The number of nitrogens with zero attached hydrogens (tertiary/aromatic N) is 3. The largest absolute Gasteiger partial charge is 0.507 e. The number of carboxylic acid groups (broad SMARTS) is 1. The second kappa shape index (κ2) is 9.94. The Morgan fingerprint density at radius 1 is 1.00 bits per heavy atom. The van der Waals surface area contributed by atoms with Gasteiger partial charge in [-0.05, 0) is 49.4 Å². The van der Waals surface area contributed by atoms with Crippen LogP contribution in [0.2, 0.25) is 0 Å². The van der Waals surface area contributed by atoms with E-state index in [1.807, 2.05) is 0 Å². The molecule has 0 saturated carbocycles. The summed E-state index contributed by atoms with van der Waals surface area (Å²) < 4.78 is 17.0. The van der Waals surface area contributed by atoms with Crippen LogP contribution >= 0.6 is 0 Å². The number of benzene rings is 2. The van der Waals surface area contributed by atoms with Gasteiger partial charge in [-0.2, -0.15) is 9.78 Å². The van der Waals surface area contributed by atoms with E-state index in [0.717, 1.165) is 9.58 Å². The zero-order valence-corrected chi connectivity index (χ0v) is 18.7. The summed E-state index contributed by atoms with van der Waals surface area (Å²) in [6.07, 6.45) is 0. The SMILES string of the molecule is CCN(CC(=O)O)C(=O)n1nc(-c2cc(OC)ccc2O)cc1-c1ccc(OC)c(OC)c1. The first-order valence-corrected chi connectivity index (χ1v) is 10.0. The maximum absolute atomic E-state index is 13.3.